The summed E-state index contributed by atoms with van der Waals surface area (Å²) in [6.07, 6.45) is 63.7. The number of hydrogen-bond acceptors (Lipinski definition) is 15. The van der Waals surface area contributed by atoms with Crippen molar-refractivity contribution in [3.8, 4) is 0 Å². The van der Waals surface area contributed by atoms with Crippen LogP contribution in [0.3, 0.4) is 0 Å². The number of hydrogen-bond donors (Lipinski definition) is 3. The van der Waals surface area contributed by atoms with E-state index in [4.69, 9.17) is 37.0 Å². The van der Waals surface area contributed by atoms with Gasteiger partial charge in [0.2, 0.25) is 0 Å². The molecule has 0 aliphatic carbocycles. The Bertz CT molecular complexity index is 1990. The van der Waals surface area contributed by atoms with E-state index in [-0.39, 0.29) is 25.7 Å². The monoisotopic (exact) mass is 1510 g/mol. The van der Waals surface area contributed by atoms with Crippen molar-refractivity contribution in [3.63, 3.8) is 0 Å². The first-order chi connectivity index (χ1) is 49.8. The van der Waals surface area contributed by atoms with E-state index < -0.39 is 97.5 Å². The Morgan fingerprint density at radius 1 is 0.282 bits per heavy atom. The van der Waals surface area contributed by atoms with Gasteiger partial charge in [0.15, 0.2) is 12.2 Å². The molecule has 6 atom stereocenters. The number of esters is 4. The molecule has 3 N–H and O–H groups in total. The molecule has 0 amide bonds. The molecule has 0 aliphatic rings. The summed E-state index contributed by atoms with van der Waals surface area (Å²) in [6, 6.07) is 0. The fraction of sp³-hybridized carbons (Fsp3) is 0.952. The van der Waals surface area contributed by atoms with Crippen LogP contribution in [0.1, 0.15) is 440 Å². The van der Waals surface area contributed by atoms with Gasteiger partial charge in [0, 0.05) is 25.7 Å². The zero-order valence-corrected chi connectivity index (χ0v) is 69.6. The maximum atomic E-state index is 13.1. The maximum absolute atomic E-state index is 13.1. The van der Waals surface area contributed by atoms with Crippen LogP contribution in [0.15, 0.2) is 0 Å². The lowest BCUT2D eigenvalue weighted by Gasteiger charge is -2.21. The SMILES string of the molecule is CCCCCCCCCCCCCCCC(=O)OC[C@H](COP(=O)(O)OC[C@H](O)COP(=O)(O)OC[C@@H](COC(=O)CCCCCCCCCCCCCC(C)C)OC(=O)CCCCCCCCCCCCCCCCCCCCC(C)CC)OC(=O)CCCCCCCCCCCCCC(C)C. The topological polar surface area (TPSA) is 237 Å². The lowest BCUT2D eigenvalue weighted by atomic mass is 9.99. The number of phosphoric ester groups is 2. The van der Waals surface area contributed by atoms with Crippen molar-refractivity contribution >= 4 is 39.5 Å². The molecular formula is C84H164O17P2. The number of carbonyl (C=O) groups excluding carboxylic acids is 4. The van der Waals surface area contributed by atoms with Crippen LogP contribution in [0.2, 0.25) is 0 Å². The van der Waals surface area contributed by atoms with Crippen molar-refractivity contribution in [1.29, 1.82) is 0 Å². The molecule has 0 aromatic carbocycles. The highest BCUT2D eigenvalue weighted by Gasteiger charge is 2.30. The summed E-state index contributed by atoms with van der Waals surface area (Å²) in [4.78, 5) is 73.2. The van der Waals surface area contributed by atoms with Gasteiger partial charge in [0.1, 0.15) is 19.3 Å². The van der Waals surface area contributed by atoms with E-state index in [1.807, 2.05) is 0 Å². The van der Waals surface area contributed by atoms with E-state index >= 15 is 0 Å². The van der Waals surface area contributed by atoms with Crippen molar-refractivity contribution in [1.82, 2.24) is 0 Å². The molecule has 103 heavy (non-hydrogen) atoms. The standard InChI is InChI=1S/C84H164O17P2/c1-8-10-11-12-13-14-15-22-30-37-44-51-58-65-81(86)94-71-80(101-84(89)68-61-54-47-40-33-26-28-35-42-49-56-63-76(5)6)74-99-103(92,93)97-70-78(85)69-96-102(90,91)98-73-79(72-95-82(87)66-59-52-45-38-32-25-27-34-41-48-55-62-75(3)4)100-83(88)67-60-53-46-39-31-24-21-19-17-16-18-20-23-29-36-43-50-57-64-77(7)9-2/h75-80,85H,8-74H2,1-7H3,(H,90,91)(H,92,93)/t77?,78-,79-,80-/m1/s1. The van der Waals surface area contributed by atoms with E-state index in [0.29, 0.717) is 25.7 Å². The fourth-order valence-corrected chi connectivity index (χ4v) is 14.6. The van der Waals surface area contributed by atoms with Crippen molar-refractivity contribution < 1.29 is 80.2 Å². The summed E-state index contributed by atoms with van der Waals surface area (Å²) in [5, 5.41) is 10.7. The number of unbranched alkanes of at least 4 members (excludes halogenated alkanes) is 49. The largest absolute Gasteiger partial charge is 0.472 e. The Labute approximate surface area is 632 Å². The van der Waals surface area contributed by atoms with Crippen LogP contribution >= 0.6 is 15.6 Å². The van der Waals surface area contributed by atoms with Gasteiger partial charge in [-0.05, 0) is 43.4 Å². The second-order valence-corrected chi connectivity index (χ2v) is 34.3. The molecule has 612 valence electrons. The molecular weight excluding hydrogens is 1340 g/mol. The van der Waals surface area contributed by atoms with Gasteiger partial charge in [-0.1, -0.05) is 389 Å². The molecule has 3 unspecified atom stereocenters. The van der Waals surface area contributed by atoms with E-state index in [1.165, 1.54) is 250 Å². The lowest BCUT2D eigenvalue weighted by Crippen LogP contribution is -2.30. The fourth-order valence-electron chi connectivity index (χ4n) is 13.0. The summed E-state index contributed by atoms with van der Waals surface area (Å²) < 4.78 is 68.8. The van der Waals surface area contributed by atoms with E-state index in [1.54, 1.807) is 0 Å². The van der Waals surface area contributed by atoms with Crippen LogP contribution in [-0.2, 0) is 65.4 Å². The van der Waals surface area contributed by atoms with Crippen molar-refractivity contribution in [3.05, 3.63) is 0 Å². The number of ether oxygens (including phenoxy) is 4. The van der Waals surface area contributed by atoms with Crippen LogP contribution in [0.25, 0.3) is 0 Å². The summed E-state index contributed by atoms with van der Waals surface area (Å²) in [5.74, 6) is 0.301. The minimum absolute atomic E-state index is 0.107. The van der Waals surface area contributed by atoms with Crippen molar-refractivity contribution in [2.75, 3.05) is 39.6 Å². The molecule has 0 fully saturated rings. The predicted octanol–water partition coefficient (Wildman–Crippen LogP) is 25.3. The number of phosphoric acid groups is 2. The molecule has 17 nitrogen and oxygen atoms in total. The number of rotatable bonds is 82. The molecule has 0 heterocycles. The third-order valence-corrected chi connectivity index (χ3v) is 21.9. The Kier molecular flexibility index (Phi) is 72.8. The number of aliphatic hydroxyl groups is 1. The van der Waals surface area contributed by atoms with Crippen LogP contribution < -0.4 is 0 Å². The van der Waals surface area contributed by atoms with Crippen molar-refractivity contribution in [2.45, 2.75) is 458 Å². The molecule has 0 bridgehead atoms. The molecule has 0 aliphatic heterocycles. The molecule has 0 saturated carbocycles. The van der Waals surface area contributed by atoms with Gasteiger partial charge in [0.05, 0.1) is 26.4 Å². The van der Waals surface area contributed by atoms with E-state index in [2.05, 4.69) is 48.5 Å². The quantitative estimate of drug-likeness (QED) is 0.0222. The summed E-state index contributed by atoms with van der Waals surface area (Å²) in [5.41, 5.74) is 0. The average Bonchev–Trinajstić information content (AvgIpc) is 0.943. The predicted molar refractivity (Wildman–Crippen MR) is 423 cm³/mol. The molecule has 0 saturated heterocycles. The van der Waals surface area contributed by atoms with E-state index in [0.717, 1.165) is 108 Å². The molecule has 0 aromatic rings. The minimum atomic E-state index is -4.96. The van der Waals surface area contributed by atoms with Crippen LogP contribution in [0, 0.1) is 17.8 Å². The molecule has 0 aromatic heterocycles. The maximum Gasteiger partial charge on any atom is 0.472 e. The smallest absolute Gasteiger partial charge is 0.462 e. The summed E-state index contributed by atoms with van der Waals surface area (Å²) in [7, 11) is -9.93. The summed E-state index contributed by atoms with van der Waals surface area (Å²) in [6.45, 7) is 12.0. The van der Waals surface area contributed by atoms with Crippen LogP contribution in [-0.4, -0.2) is 96.7 Å². The highest BCUT2D eigenvalue weighted by molar-refractivity contribution is 7.47. The van der Waals surface area contributed by atoms with Gasteiger partial charge in [-0.2, -0.15) is 0 Å². The third kappa shape index (κ3) is 76.6. The average molecular weight is 1510 g/mol. The Balaban J connectivity index is 5.24. The van der Waals surface area contributed by atoms with Gasteiger partial charge < -0.3 is 33.8 Å². The molecule has 0 rings (SSSR count). The van der Waals surface area contributed by atoms with Crippen LogP contribution in [0.4, 0.5) is 0 Å². The van der Waals surface area contributed by atoms with Gasteiger partial charge in [-0.3, -0.25) is 37.3 Å². The first-order valence-corrected chi connectivity index (χ1v) is 46.4. The van der Waals surface area contributed by atoms with Gasteiger partial charge >= 0.3 is 39.5 Å². The first kappa shape index (κ1) is 101. The van der Waals surface area contributed by atoms with Gasteiger partial charge in [-0.15, -0.1) is 0 Å². The molecule has 0 radical (unpaired) electrons. The second kappa shape index (κ2) is 74.2. The minimum Gasteiger partial charge on any atom is -0.462 e. The van der Waals surface area contributed by atoms with Gasteiger partial charge in [-0.25, -0.2) is 9.13 Å². The summed E-state index contributed by atoms with van der Waals surface area (Å²) >= 11 is 0. The Morgan fingerprint density at radius 2 is 0.495 bits per heavy atom. The number of aliphatic hydroxyl groups excluding tert-OH is 1. The first-order valence-electron chi connectivity index (χ1n) is 43.4. The van der Waals surface area contributed by atoms with E-state index in [9.17, 15) is 43.2 Å². The Morgan fingerprint density at radius 3 is 0.738 bits per heavy atom. The highest BCUT2D eigenvalue weighted by Crippen LogP contribution is 2.45. The van der Waals surface area contributed by atoms with Crippen LogP contribution in [0.5, 0.6) is 0 Å². The second-order valence-electron chi connectivity index (χ2n) is 31.4. The highest BCUT2D eigenvalue weighted by atomic mass is 31.2. The normalized spacial score (nSPS) is 14.2. The Hall–Kier alpha value is -1.94. The molecule has 0 spiro atoms. The zero-order chi connectivity index (χ0) is 75.8. The van der Waals surface area contributed by atoms with Crippen molar-refractivity contribution in [2.24, 2.45) is 17.8 Å². The van der Waals surface area contributed by atoms with Gasteiger partial charge in [0.25, 0.3) is 0 Å². The molecule has 19 heteroatoms. The third-order valence-electron chi connectivity index (χ3n) is 20.0. The number of carbonyl (C=O) groups is 4. The lowest BCUT2D eigenvalue weighted by molar-refractivity contribution is -0.161. The zero-order valence-electron chi connectivity index (χ0n) is 67.8.